The van der Waals surface area contributed by atoms with Gasteiger partial charge < -0.3 is 10.1 Å². The SMILES string of the molecule is CCNC(c1ccc(OC)cc1)c1cc2c(s1)CCC2. The van der Waals surface area contributed by atoms with Crippen LogP contribution in [0, 0.1) is 0 Å². The molecule has 0 saturated carbocycles. The first-order valence-electron chi connectivity index (χ1n) is 7.30. The summed E-state index contributed by atoms with van der Waals surface area (Å²) in [5, 5.41) is 3.61. The van der Waals surface area contributed by atoms with Gasteiger partial charge in [-0.3, -0.25) is 0 Å². The Balaban J connectivity index is 1.90. The molecule has 0 saturated heterocycles. The number of aryl methyl sites for hydroxylation is 2. The highest BCUT2D eigenvalue weighted by atomic mass is 32.1. The van der Waals surface area contributed by atoms with Crippen molar-refractivity contribution < 1.29 is 4.74 Å². The van der Waals surface area contributed by atoms with Gasteiger partial charge >= 0.3 is 0 Å². The van der Waals surface area contributed by atoms with Crippen molar-refractivity contribution in [2.45, 2.75) is 32.2 Å². The van der Waals surface area contributed by atoms with Gasteiger partial charge in [-0.2, -0.15) is 0 Å². The Morgan fingerprint density at radius 2 is 2.05 bits per heavy atom. The highest BCUT2D eigenvalue weighted by Crippen LogP contribution is 2.36. The molecule has 1 N–H and O–H groups in total. The molecular formula is C17H21NOS. The summed E-state index contributed by atoms with van der Waals surface area (Å²) in [6.45, 7) is 3.14. The molecule has 1 aromatic carbocycles. The van der Waals surface area contributed by atoms with Crippen LogP contribution in [-0.4, -0.2) is 13.7 Å². The zero-order valence-corrected chi connectivity index (χ0v) is 12.9. The number of thiophene rings is 1. The highest BCUT2D eigenvalue weighted by molar-refractivity contribution is 7.12. The number of ether oxygens (including phenoxy) is 1. The fourth-order valence-corrected chi connectivity index (χ4v) is 4.24. The van der Waals surface area contributed by atoms with Crippen molar-refractivity contribution in [3.05, 3.63) is 51.2 Å². The van der Waals surface area contributed by atoms with E-state index in [9.17, 15) is 0 Å². The molecule has 1 heterocycles. The van der Waals surface area contributed by atoms with Crippen molar-refractivity contribution in [3.63, 3.8) is 0 Å². The van der Waals surface area contributed by atoms with Crippen LogP contribution in [0.15, 0.2) is 30.3 Å². The second-order valence-corrected chi connectivity index (χ2v) is 6.38. The minimum atomic E-state index is 0.307. The number of benzene rings is 1. The zero-order chi connectivity index (χ0) is 13.9. The van der Waals surface area contributed by atoms with Gasteiger partial charge in [0, 0.05) is 9.75 Å². The van der Waals surface area contributed by atoms with Crippen LogP contribution in [0.4, 0.5) is 0 Å². The molecule has 0 fully saturated rings. The van der Waals surface area contributed by atoms with Crippen LogP contribution in [0.1, 0.15) is 40.3 Å². The first-order chi connectivity index (χ1) is 9.81. The monoisotopic (exact) mass is 287 g/mol. The maximum Gasteiger partial charge on any atom is 0.118 e. The molecule has 106 valence electrons. The summed E-state index contributed by atoms with van der Waals surface area (Å²) in [6.07, 6.45) is 3.85. The predicted octanol–water partition coefficient (Wildman–Crippen LogP) is 3.94. The predicted molar refractivity (Wildman–Crippen MR) is 84.9 cm³/mol. The summed E-state index contributed by atoms with van der Waals surface area (Å²) < 4.78 is 5.25. The lowest BCUT2D eigenvalue weighted by molar-refractivity contribution is 0.414. The first-order valence-corrected chi connectivity index (χ1v) is 8.12. The topological polar surface area (TPSA) is 21.3 Å². The molecule has 0 radical (unpaired) electrons. The fourth-order valence-electron chi connectivity index (χ4n) is 2.88. The molecule has 1 atom stereocenters. The van der Waals surface area contributed by atoms with Crippen LogP contribution in [-0.2, 0) is 12.8 Å². The number of hydrogen-bond donors (Lipinski definition) is 1. The summed E-state index contributed by atoms with van der Waals surface area (Å²) in [7, 11) is 1.71. The van der Waals surface area contributed by atoms with E-state index in [0.29, 0.717) is 6.04 Å². The molecule has 3 rings (SSSR count). The van der Waals surface area contributed by atoms with Gasteiger partial charge in [-0.1, -0.05) is 19.1 Å². The Kier molecular flexibility index (Phi) is 4.08. The average Bonchev–Trinajstić information content (AvgIpc) is 3.06. The number of nitrogens with one attached hydrogen (secondary N) is 1. The lowest BCUT2D eigenvalue weighted by Gasteiger charge is -2.17. The zero-order valence-electron chi connectivity index (χ0n) is 12.1. The fraction of sp³-hybridized carbons (Fsp3) is 0.412. The van der Waals surface area contributed by atoms with E-state index in [1.54, 1.807) is 17.6 Å². The molecule has 1 unspecified atom stereocenters. The molecule has 20 heavy (non-hydrogen) atoms. The lowest BCUT2D eigenvalue weighted by atomic mass is 10.0. The third-order valence-corrected chi connectivity index (χ3v) is 5.21. The minimum absolute atomic E-state index is 0.307. The highest BCUT2D eigenvalue weighted by Gasteiger charge is 2.20. The van der Waals surface area contributed by atoms with Crippen LogP contribution in [0.5, 0.6) is 5.75 Å². The van der Waals surface area contributed by atoms with Crippen LogP contribution in [0.2, 0.25) is 0 Å². The van der Waals surface area contributed by atoms with Gasteiger partial charge in [-0.05, 0) is 55.1 Å². The van der Waals surface area contributed by atoms with E-state index in [2.05, 4.69) is 30.4 Å². The third-order valence-electron chi connectivity index (χ3n) is 3.91. The Labute approximate surface area is 124 Å². The van der Waals surface area contributed by atoms with Gasteiger partial charge in [0.05, 0.1) is 13.2 Å². The van der Waals surface area contributed by atoms with Gasteiger partial charge in [0.1, 0.15) is 5.75 Å². The quantitative estimate of drug-likeness (QED) is 0.899. The molecule has 0 aliphatic heterocycles. The number of hydrogen-bond acceptors (Lipinski definition) is 3. The first kappa shape index (κ1) is 13.7. The van der Waals surface area contributed by atoms with Crippen LogP contribution >= 0.6 is 11.3 Å². The second-order valence-electron chi connectivity index (χ2n) is 5.21. The molecule has 3 heteroatoms. The summed E-state index contributed by atoms with van der Waals surface area (Å²) in [4.78, 5) is 3.04. The van der Waals surface area contributed by atoms with Crippen LogP contribution < -0.4 is 10.1 Å². The molecular weight excluding hydrogens is 266 g/mol. The molecule has 1 aliphatic carbocycles. The number of fused-ring (bicyclic) bond motifs is 1. The van der Waals surface area contributed by atoms with E-state index < -0.39 is 0 Å². The van der Waals surface area contributed by atoms with Crippen molar-refractivity contribution in [1.82, 2.24) is 5.32 Å². The maximum atomic E-state index is 5.25. The van der Waals surface area contributed by atoms with Gasteiger partial charge in [0.25, 0.3) is 0 Å². The molecule has 0 amide bonds. The van der Waals surface area contributed by atoms with Crippen LogP contribution in [0.25, 0.3) is 0 Å². The van der Waals surface area contributed by atoms with Crippen molar-refractivity contribution in [1.29, 1.82) is 0 Å². The number of rotatable bonds is 5. The van der Waals surface area contributed by atoms with E-state index >= 15 is 0 Å². The molecule has 1 aliphatic rings. The van der Waals surface area contributed by atoms with Gasteiger partial charge in [0.2, 0.25) is 0 Å². The van der Waals surface area contributed by atoms with E-state index in [1.165, 1.54) is 29.7 Å². The van der Waals surface area contributed by atoms with Crippen molar-refractivity contribution in [2.24, 2.45) is 0 Å². The minimum Gasteiger partial charge on any atom is -0.497 e. The normalized spacial score (nSPS) is 15.1. The van der Waals surface area contributed by atoms with Gasteiger partial charge in [-0.25, -0.2) is 0 Å². The Hall–Kier alpha value is -1.32. The van der Waals surface area contributed by atoms with Crippen molar-refractivity contribution in [2.75, 3.05) is 13.7 Å². The molecule has 0 bridgehead atoms. The second kappa shape index (κ2) is 5.98. The van der Waals surface area contributed by atoms with E-state index in [4.69, 9.17) is 4.74 Å². The smallest absolute Gasteiger partial charge is 0.118 e. The summed E-state index contributed by atoms with van der Waals surface area (Å²) in [5.74, 6) is 0.915. The standard InChI is InChI=1S/C17H21NOS/c1-3-18-17(12-7-9-14(19-2)10-8-12)16-11-13-5-4-6-15(13)20-16/h7-11,17-18H,3-6H2,1-2H3. The summed E-state index contributed by atoms with van der Waals surface area (Å²) >= 11 is 1.98. The molecule has 0 spiro atoms. The van der Waals surface area contributed by atoms with Gasteiger partial charge in [0.15, 0.2) is 0 Å². The Morgan fingerprint density at radius 1 is 1.25 bits per heavy atom. The lowest BCUT2D eigenvalue weighted by Crippen LogP contribution is -2.21. The Bertz CT molecular complexity index is 552. The third kappa shape index (κ3) is 2.60. The average molecular weight is 287 g/mol. The van der Waals surface area contributed by atoms with E-state index in [0.717, 1.165) is 12.3 Å². The largest absolute Gasteiger partial charge is 0.497 e. The summed E-state index contributed by atoms with van der Waals surface area (Å²) in [6, 6.07) is 11.1. The van der Waals surface area contributed by atoms with Crippen molar-refractivity contribution in [3.8, 4) is 5.75 Å². The molecule has 2 aromatic rings. The molecule has 2 nitrogen and oxygen atoms in total. The molecule has 1 aromatic heterocycles. The van der Waals surface area contributed by atoms with Gasteiger partial charge in [-0.15, -0.1) is 11.3 Å². The maximum absolute atomic E-state index is 5.25. The number of methoxy groups -OCH3 is 1. The van der Waals surface area contributed by atoms with E-state index in [1.807, 2.05) is 23.5 Å². The Morgan fingerprint density at radius 3 is 2.70 bits per heavy atom. The van der Waals surface area contributed by atoms with Crippen LogP contribution in [0.3, 0.4) is 0 Å². The van der Waals surface area contributed by atoms with E-state index in [-0.39, 0.29) is 0 Å². The summed E-state index contributed by atoms with van der Waals surface area (Å²) in [5.41, 5.74) is 2.88. The van der Waals surface area contributed by atoms with Crippen molar-refractivity contribution >= 4 is 11.3 Å².